The van der Waals surface area contributed by atoms with E-state index in [4.69, 9.17) is 11.6 Å². The van der Waals surface area contributed by atoms with Crippen LogP contribution in [0.25, 0.3) is 10.9 Å². The highest BCUT2D eigenvalue weighted by atomic mass is 35.5. The van der Waals surface area contributed by atoms with Crippen molar-refractivity contribution in [3.63, 3.8) is 0 Å². The fourth-order valence-corrected chi connectivity index (χ4v) is 5.59. The number of aryl methyl sites for hydroxylation is 2. The van der Waals surface area contributed by atoms with Gasteiger partial charge in [-0.1, -0.05) is 23.7 Å². The lowest BCUT2D eigenvalue weighted by atomic mass is 10.1. The number of aromatic nitrogens is 1. The van der Waals surface area contributed by atoms with Crippen LogP contribution in [0, 0.1) is 0 Å². The molecule has 1 aliphatic heterocycles. The first-order valence-electron chi connectivity index (χ1n) is 11.7. The zero-order chi connectivity index (χ0) is 23.3. The quantitative estimate of drug-likeness (QED) is 0.424. The highest BCUT2D eigenvalue weighted by Gasteiger charge is 2.15. The number of hydrogen-bond donors (Lipinski definition) is 2. The number of aromatic amines is 1. The van der Waals surface area contributed by atoms with E-state index in [0.717, 1.165) is 68.5 Å². The second-order valence-electron chi connectivity index (χ2n) is 8.90. The van der Waals surface area contributed by atoms with Gasteiger partial charge in [-0.2, -0.15) is 0 Å². The maximum atomic E-state index is 12.7. The molecule has 0 atom stereocenters. The summed E-state index contributed by atoms with van der Waals surface area (Å²) in [5, 5.41) is 1.79. The van der Waals surface area contributed by atoms with Crippen LogP contribution in [0.3, 0.4) is 0 Å². The van der Waals surface area contributed by atoms with E-state index in [0.29, 0.717) is 22.9 Å². The Labute approximate surface area is 202 Å². The van der Waals surface area contributed by atoms with Crippen LogP contribution in [-0.4, -0.2) is 69.5 Å². The van der Waals surface area contributed by atoms with Gasteiger partial charge >= 0.3 is 0 Å². The second kappa shape index (κ2) is 11.0. The minimum atomic E-state index is -3.50. The van der Waals surface area contributed by atoms with E-state index >= 15 is 0 Å². The summed E-state index contributed by atoms with van der Waals surface area (Å²) < 4.78 is 28.1. The molecular formula is C25H33ClN4O2S. The minimum absolute atomic E-state index is 0.323. The molecule has 0 bridgehead atoms. The van der Waals surface area contributed by atoms with Crippen LogP contribution in [0.15, 0.2) is 53.6 Å². The molecule has 4 rings (SSSR count). The van der Waals surface area contributed by atoms with Crippen molar-refractivity contribution in [3.8, 4) is 0 Å². The predicted molar refractivity (Wildman–Crippen MR) is 136 cm³/mol. The van der Waals surface area contributed by atoms with Gasteiger partial charge in [0.05, 0.1) is 4.90 Å². The fraction of sp³-hybridized carbons (Fsp3) is 0.440. The lowest BCUT2D eigenvalue weighted by molar-refractivity contribution is 0.153. The smallest absolute Gasteiger partial charge is 0.240 e. The molecule has 1 aliphatic rings. The van der Waals surface area contributed by atoms with Gasteiger partial charge in [0, 0.05) is 54.8 Å². The number of benzene rings is 2. The van der Waals surface area contributed by atoms with Crippen molar-refractivity contribution in [2.24, 2.45) is 0 Å². The van der Waals surface area contributed by atoms with Crippen LogP contribution in [0.5, 0.6) is 0 Å². The van der Waals surface area contributed by atoms with Crippen LogP contribution in [0.2, 0.25) is 5.02 Å². The SMILES string of the molecule is CN1CCN(CCCc2ccc(S(=O)(=O)NCCCc3c[nH]c4ccc(Cl)cc34)cc2)CC1. The topological polar surface area (TPSA) is 68.4 Å². The largest absolute Gasteiger partial charge is 0.361 e. The van der Waals surface area contributed by atoms with E-state index < -0.39 is 10.0 Å². The lowest BCUT2D eigenvalue weighted by Crippen LogP contribution is -2.44. The predicted octanol–water partition coefficient (Wildman–Crippen LogP) is 3.91. The monoisotopic (exact) mass is 488 g/mol. The van der Waals surface area contributed by atoms with E-state index in [1.54, 1.807) is 12.1 Å². The van der Waals surface area contributed by atoms with Crippen molar-refractivity contribution in [2.75, 3.05) is 46.3 Å². The number of piperazine rings is 1. The van der Waals surface area contributed by atoms with Crippen molar-refractivity contribution in [1.82, 2.24) is 19.5 Å². The van der Waals surface area contributed by atoms with Gasteiger partial charge in [0.25, 0.3) is 0 Å². The molecule has 2 heterocycles. The van der Waals surface area contributed by atoms with E-state index in [9.17, 15) is 8.42 Å². The molecule has 0 amide bonds. The van der Waals surface area contributed by atoms with Crippen LogP contribution >= 0.6 is 11.6 Å². The number of nitrogens with zero attached hydrogens (tertiary/aromatic N) is 2. The summed E-state index contributed by atoms with van der Waals surface area (Å²) in [5.74, 6) is 0. The third-order valence-electron chi connectivity index (χ3n) is 6.41. The molecule has 0 unspecified atom stereocenters. The highest BCUT2D eigenvalue weighted by molar-refractivity contribution is 7.89. The van der Waals surface area contributed by atoms with Crippen molar-refractivity contribution in [2.45, 2.75) is 30.6 Å². The molecule has 0 saturated carbocycles. The Balaban J connectivity index is 1.22. The molecule has 2 N–H and O–H groups in total. The van der Waals surface area contributed by atoms with Crippen molar-refractivity contribution < 1.29 is 8.42 Å². The number of halogens is 1. The van der Waals surface area contributed by atoms with Gasteiger partial charge in [-0.05, 0) is 80.7 Å². The van der Waals surface area contributed by atoms with Gasteiger partial charge < -0.3 is 14.8 Å². The third-order valence-corrected chi connectivity index (χ3v) is 8.13. The molecule has 33 heavy (non-hydrogen) atoms. The van der Waals surface area contributed by atoms with Gasteiger partial charge in [0.15, 0.2) is 0 Å². The Morgan fingerprint density at radius 2 is 1.76 bits per heavy atom. The number of nitrogens with one attached hydrogen (secondary N) is 2. The Kier molecular flexibility index (Phi) is 8.09. The third kappa shape index (κ3) is 6.58. The molecule has 2 aromatic carbocycles. The molecule has 8 heteroatoms. The first-order valence-corrected chi connectivity index (χ1v) is 13.5. The summed E-state index contributed by atoms with van der Waals surface area (Å²) in [6.07, 6.45) is 5.51. The maximum absolute atomic E-state index is 12.7. The zero-order valence-corrected chi connectivity index (χ0v) is 20.8. The van der Waals surface area contributed by atoms with Gasteiger partial charge in [0.1, 0.15) is 0 Å². The first kappa shape index (κ1) is 24.2. The second-order valence-corrected chi connectivity index (χ2v) is 11.1. The Bertz CT molecular complexity index is 1150. The normalized spacial score (nSPS) is 15.9. The molecule has 1 fully saturated rings. The van der Waals surface area contributed by atoms with Crippen LogP contribution < -0.4 is 4.72 Å². The average Bonchev–Trinajstić information content (AvgIpc) is 3.20. The summed E-state index contributed by atoms with van der Waals surface area (Å²) in [6.45, 7) is 6.02. The zero-order valence-electron chi connectivity index (χ0n) is 19.2. The number of sulfonamides is 1. The first-order chi connectivity index (χ1) is 15.9. The van der Waals surface area contributed by atoms with Gasteiger partial charge in [-0.15, -0.1) is 0 Å². The molecule has 0 spiro atoms. The highest BCUT2D eigenvalue weighted by Crippen LogP contribution is 2.23. The van der Waals surface area contributed by atoms with E-state index in [1.807, 2.05) is 36.5 Å². The molecule has 6 nitrogen and oxygen atoms in total. The standard InChI is InChI=1S/C25H33ClN4O2S/c1-29-14-16-30(17-15-29)13-3-4-20-6-9-23(10-7-20)33(31,32)28-12-2-5-21-19-27-25-11-8-22(26)18-24(21)25/h6-11,18-19,27-28H,2-5,12-17H2,1H3. The molecular weight excluding hydrogens is 456 g/mol. The maximum Gasteiger partial charge on any atom is 0.240 e. The van der Waals surface area contributed by atoms with Crippen LogP contribution in [0.1, 0.15) is 24.0 Å². The average molecular weight is 489 g/mol. The molecule has 178 valence electrons. The summed E-state index contributed by atoms with van der Waals surface area (Å²) in [5.41, 5.74) is 3.37. The summed E-state index contributed by atoms with van der Waals surface area (Å²) in [7, 11) is -1.33. The van der Waals surface area contributed by atoms with E-state index in [2.05, 4.69) is 26.6 Å². The number of fused-ring (bicyclic) bond motifs is 1. The van der Waals surface area contributed by atoms with Crippen molar-refractivity contribution in [3.05, 3.63) is 64.8 Å². The molecule has 3 aromatic rings. The Morgan fingerprint density at radius 1 is 1.00 bits per heavy atom. The molecule has 0 aliphatic carbocycles. The Hall–Kier alpha value is -1.90. The number of hydrogen-bond acceptors (Lipinski definition) is 4. The van der Waals surface area contributed by atoms with Gasteiger partial charge in [0.2, 0.25) is 10.0 Å². The van der Waals surface area contributed by atoms with Crippen molar-refractivity contribution >= 4 is 32.5 Å². The number of H-pyrrole nitrogens is 1. The summed E-state index contributed by atoms with van der Waals surface area (Å²) in [6, 6.07) is 13.1. The van der Waals surface area contributed by atoms with Crippen LogP contribution in [-0.2, 0) is 22.9 Å². The minimum Gasteiger partial charge on any atom is -0.361 e. The number of rotatable bonds is 10. The van der Waals surface area contributed by atoms with Crippen molar-refractivity contribution in [1.29, 1.82) is 0 Å². The van der Waals surface area contributed by atoms with E-state index in [1.165, 1.54) is 5.56 Å². The fourth-order valence-electron chi connectivity index (χ4n) is 4.34. The lowest BCUT2D eigenvalue weighted by Gasteiger charge is -2.32. The summed E-state index contributed by atoms with van der Waals surface area (Å²) in [4.78, 5) is 8.43. The van der Waals surface area contributed by atoms with Gasteiger partial charge in [-0.3, -0.25) is 0 Å². The molecule has 1 aromatic heterocycles. The summed E-state index contributed by atoms with van der Waals surface area (Å²) >= 11 is 6.11. The van der Waals surface area contributed by atoms with Crippen LogP contribution in [0.4, 0.5) is 0 Å². The molecule has 0 radical (unpaired) electrons. The van der Waals surface area contributed by atoms with E-state index in [-0.39, 0.29) is 0 Å². The Morgan fingerprint density at radius 3 is 2.52 bits per heavy atom. The number of likely N-dealkylation sites (N-methyl/N-ethyl adjacent to an activating group) is 1. The molecule has 1 saturated heterocycles. The van der Waals surface area contributed by atoms with Gasteiger partial charge in [-0.25, -0.2) is 13.1 Å².